The first-order chi connectivity index (χ1) is 7.98. The highest BCUT2D eigenvalue weighted by Gasteiger charge is 2.14. The molecule has 1 aromatic rings. The number of nitrogens with one attached hydrogen (secondary N) is 1. The minimum Gasteiger partial charge on any atom is -0.496 e. The maximum absolute atomic E-state index is 5.97. The largest absolute Gasteiger partial charge is 0.496 e. The molecule has 3 nitrogen and oxygen atoms in total. The van der Waals surface area contributed by atoms with Crippen LogP contribution in [0.3, 0.4) is 0 Å². The van der Waals surface area contributed by atoms with E-state index >= 15 is 0 Å². The summed E-state index contributed by atoms with van der Waals surface area (Å²) in [5.74, 6) is 0.854. The van der Waals surface area contributed by atoms with Gasteiger partial charge in [-0.3, -0.25) is 0 Å². The number of ether oxygens (including phenoxy) is 1. The molecule has 1 rings (SSSR count). The molecule has 96 valence electrons. The SMILES string of the molecule is COc1ccc(Cl)cc1CNCC(C)(C)CN. The summed E-state index contributed by atoms with van der Waals surface area (Å²) in [5.41, 5.74) is 6.85. The zero-order valence-electron chi connectivity index (χ0n) is 10.7. The molecule has 0 aromatic heterocycles. The van der Waals surface area contributed by atoms with Crippen LogP contribution in [0.5, 0.6) is 5.75 Å². The molecule has 0 amide bonds. The number of hydrogen-bond donors (Lipinski definition) is 2. The highest BCUT2D eigenvalue weighted by atomic mass is 35.5. The zero-order valence-corrected chi connectivity index (χ0v) is 11.5. The lowest BCUT2D eigenvalue weighted by atomic mass is 9.94. The van der Waals surface area contributed by atoms with E-state index in [1.165, 1.54) is 0 Å². The number of halogens is 1. The Kier molecular flexibility index (Phi) is 5.25. The Morgan fingerprint density at radius 2 is 2.12 bits per heavy atom. The van der Waals surface area contributed by atoms with Crippen LogP contribution in [-0.2, 0) is 6.54 Å². The molecule has 0 unspecified atom stereocenters. The molecule has 0 bridgehead atoms. The van der Waals surface area contributed by atoms with E-state index in [-0.39, 0.29) is 5.41 Å². The Balaban J connectivity index is 2.59. The fourth-order valence-corrected chi connectivity index (χ4v) is 1.69. The van der Waals surface area contributed by atoms with Gasteiger partial charge in [0.25, 0.3) is 0 Å². The van der Waals surface area contributed by atoms with E-state index in [0.29, 0.717) is 6.54 Å². The van der Waals surface area contributed by atoms with Gasteiger partial charge in [0.1, 0.15) is 5.75 Å². The van der Waals surface area contributed by atoms with Gasteiger partial charge >= 0.3 is 0 Å². The van der Waals surface area contributed by atoms with Gasteiger partial charge in [0, 0.05) is 23.7 Å². The smallest absolute Gasteiger partial charge is 0.123 e. The van der Waals surface area contributed by atoms with Crippen molar-refractivity contribution in [2.24, 2.45) is 11.1 Å². The number of nitrogens with two attached hydrogens (primary N) is 1. The first kappa shape index (κ1) is 14.3. The number of methoxy groups -OCH3 is 1. The van der Waals surface area contributed by atoms with Gasteiger partial charge in [-0.1, -0.05) is 25.4 Å². The fourth-order valence-electron chi connectivity index (χ4n) is 1.49. The fraction of sp³-hybridized carbons (Fsp3) is 0.538. The predicted octanol–water partition coefficient (Wildman–Crippen LogP) is 2.42. The van der Waals surface area contributed by atoms with E-state index in [1.807, 2.05) is 18.2 Å². The molecule has 0 saturated heterocycles. The second kappa shape index (κ2) is 6.24. The summed E-state index contributed by atoms with van der Waals surface area (Å²) >= 11 is 5.97. The molecule has 0 aliphatic heterocycles. The standard InChI is InChI=1S/C13H21ClN2O/c1-13(2,8-15)9-16-7-10-6-11(14)4-5-12(10)17-3/h4-6,16H,7-9,15H2,1-3H3. The van der Waals surface area contributed by atoms with Crippen molar-refractivity contribution in [3.63, 3.8) is 0 Å². The van der Waals surface area contributed by atoms with Crippen LogP contribution in [0.25, 0.3) is 0 Å². The molecule has 4 heteroatoms. The number of hydrogen-bond acceptors (Lipinski definition) is 3. The van der Waals surface area contributed by atoms with Crippen molar-refractivity contribution in [3.05, 3.63) is 28.8 Å². The molecule has 0 heterocycles. The summed E-state index contributed by atoms with van der Waals surface area (Å²) in [4.78, 5) is 0. The molecule has 0 atom stereocenters. The molecule has 17 heavy (non-hydrogen) atoms. The summed E-state index contributed by atoms with van der Waals surface area (Å²) in [7, 11) is 1.66. The molecule has 0 aliphatic carbocycles. The van der Waals surface area contributed by atoms with Gasteiger partial charge < -0.3 is 15.8 Å². The number of benzene rings is 1. The Labute approximate surface area is 108 Å². The molecule has 0 saturated carbocycles. The van der Waals surface area contributed by atoms with E-state index in [1.54, 1.807) is 7.11 Å². The second-order valence-electron chi connectivity index (χ2n) is 4.93. The van der Waals surface area contributed by atoms with Crippen LogP contribution in [0, 0.1) is 5.41 Å². The predicted molar refractivity (Wildman–Crippen MR) is 72.5 cm³/mol. The Hall–Kier alpha value is -0.770. The maximum atomic E-state index is 5.97. The van der Waals surface area contributed by atoms with Crippen LogP contribution in [0.15, 0.2) is 18.2 Å². The van der Waals surface area contributed by atoms with Gasteiger partial charge in [0.15, 0.2) is 0 Å². The highest BCUT2D eigenvalue weighted by Crippen LogP contribution is 2.22. The topological polar surface area (TPSA) is 47.3 Å². The van der Waals surface area contributed by atoms with E-state index in [4.69, 9.17) is 22.1 Å². The molecular formula is C13H21ClN2O. The third-order valence-electron chi connectivity index (χ3n) is 2.71. The molecule has 0 radical (unpaired) electrons. The lowest BCUT2D eigenvalue weighted by Crippen LogP contribution is -2.35. The monoisotopic (exact) mass is 256 g/mol. The van der Waals surface area contributed by atoms with E-state index in [9.17, 15) is 0 Å². The van der Waals surface area contributed by atoms with Crippen molar-refractivity contribution in [1.82, 2.24) is 5.32 Å². The minimum absolute atomic E-state index is 0.103. The first-order valence-electron chi connectivity index (χ1n) is 5.72. The summed E-state index contributed by atoms with van der Waals surface area (Å²) in [6.07, 6.45) is 0. The van der Waals surface area contributed by atoms with Crippen molar-refractivity contribution in [2.75, 3.05) is 20.2 Å². The maximum Gasteiger partial charge on any atom is 0.123 e. The van der Waals surface area contributed by atoms with Crippen LogP contribution in [0.1, 0.15) is 19.4 Å². The highest BCUT2D eigenvalue weighted by molar-refractivity contribution is 6.30. The van der Waals surface area contributed by atoms with Gasteiger partial charge in [0.05, 0.1) is 7.11 Å². The van der Waals surface area contributed by atoms with Crippen LogP contribution >= 0.6 is 11.6 Å². The molecule has 0 aliphatic rings. The normalized spacial score (nSPS) is 11.6. The zero-order chi connectivity index (χ0) is 12.9. The van der Waals surface area contributed by atoms with Crippen molar-refractivity contribution in [2.45, 2.75) is 20.4 Å². The van der Waals surface area contributed by atoms with Gasteiger partial charge in [-0.15, -0.1) is 0 Å². The van der Waals surface area contributed by atoms with E-state index in [0.717, 1.165) is 29.4 Å². The van der Waals surface area contributed by atoms with Crippen LogP contribution in [0.2, 0.25) is 5.02 Å². The van der Waals surface area contributed by atoms with Gasteiger partial charge in [-0.25, -0.2) is 0 Å². The summed E-state index contributed by atoms with van der Waals surface area (Å²) in [5, 5.41) is 4.10. The Bertz CT molecular complexity index is 366. The first-order valence-corrected chi connectivity index (χ1v) is 6.09. The van der Waals surface area contributed by atoms with Gasteiger partial charge in [-0.05, 0) is 30.2 Å². The average molecular weight is 257 g/mol. The van der Waals surface area contributed by atoms with Crippen LogP contribution in [-0.4, -0.2) is 20.2 Å². The summed E-state index contributed by atoms with van der Waals surface area (Å²) in [6, 6.07) is 5.63. The minimum atomic E-state index is 0.103. The van der Waals surface area contributed by atoms with Gasteiger partial charge in [-0.2, -0.15) is 0 Å². The van der Waals surface area contributed by atoms with Crippen molar-refractivity contribution >= 4 is 11.6 Å². The van der Waals surface area contributed by atoms with Crippen LogP contribution in [0.4, 0.5) is 0 Å². The van der Waals surface area contributed by atoms with Crippen molar-refractivity contribution < 1.29 is 4.74 Å². The molecule has 1 aromatic carbocycles. The third kappa shape index (κ3) is 4.54. The van der Waals surface area contributed by atoms with E-state index in [2.05, 4.69) is 19.2 Å². The second-order valence-corrected chi connectivity index (χ2v) is 5.36. The Morgan fingerprint density at radius 3 is 2.71 bits per heavy atom. The Morgan fingerprint density at radius 1 is 1.41 bits per heavy atom. The van der Waals surface area contributed by atoms with E-state index < -0.39 is 0 Å². The molecule has 0 fully saturated rings. The molecular weight excluding hydrogens is 236 g/mol. The quantitative estimate of drug-likeness (QED) is 0.822. The lowest BCUT2D eigenvalue weighted by Gasteiger charge is -2.23. The van der Waals surface area contributed by atoms with Crippen molar-refractivity contribution in [3.8, 4) is 5.75 Å². The average Bonchev–Trinajstić information content (AvgIpc) is 2.29. The molecule has 3 N–H and O–H groups in total. The lowest BCUT2D eigenvalue weighted by molar-refractivity contribution is 0.348. The summed E-state index contributed by atoms with van der Waals surface area (Å²) in [6.45, 7) is 6.52. The third-order valence-corrected chi connectivity index (χ3v) is 2.95. The molecule has 0 spiro atoms. The van der Waals surface area contributed by atoms with Gasteiger partial charge in [0.2, 0.25) is 0 Å². The van der Waals surface area contributed by atoms with Crippen LogP contribution < -0.4 is 15.8 Å². The summed E-state index contributed by atoms with van der Waals surface area (Å²) < 4.78 is 5.29. The number of rotatable bonds is 6. The van der Waals surface area contributed by atoms with Crippen molar-refractivity contribution in [1.29, 1.82) is 0 Å².